The van der Waals surface area contributed by atoms with Gasteiger partial charge in [-0.15, -0.1) is 0 Å². The highest BCUT2D eigenvalue weighted by Gasteiger charge is 2.05. The molecule has 0 rings (SSSR count). The Kier molecular flexibility index (Phi) is 4.34. The molecule has 0 aromatic heterocycles. The van der Waals surface area contributed by atoms with Crippen LogP contribution in [0.4, 0.5) is 0 Å². The predicted molar refractivity (Wildman–Crippen MR) is 40.2 cm³/mol. The van der Waals surface area contributed by atoms with Crippen molar-refractivity contribution < 1.29 is 14.4 Å². The van der Waals surface area contributed by atoms with E-state index in [0.717, 1.165) is 0 Å². The number of hydrogen-bond donors (Lipinski definition) is 0. The van der Waals surface area contributed by atoms with Gasteiger partial charge < -0.3 is 4.79 Å². The van der Waals surface area contributed by atoms with Crippen molar-refractivity contribution in [1.29, 1.82) is 0 Å². The lowest BCUT2D eigenvalue weighted by Gasteiger charge is -1.93. The maximum Gasteiger partial charge on any atom is 0.140 e. The zero-order valence-electron chi connectivity index (χ0n) is 6.85. The summed E-state index contributed by atoms with van der Waals surface area (Å²) in [6, 6.07) is 0. The predicted octanol–water partition coefficient (Wildman–Crippen LogP) is 0.904. The van der Waals surface area contributed by atoms with Crippen molar-refractivity contribution >= 4 is 17.3 Å². The summed E-state index contributed by atoms with van der Waals surface area (Å²) in [6.07, 6.45) is 0.425. The molecule has 0 aromatic carbocycles. The number of ketones is 3. The van der Waals surface area contributed by atoms with Crippen molar-refractivity contribution in [3.63, 3.8) is 0 Å². The summed E-state index contributed by atoms with van der Waals surface area (Å²) in [5, 5.41) is 0. The van der Waals surface area contributed by atoms with Crippen LogP contribution in [0.5, 0.6) is 0 Å². The maximum atomic E-state index is 10.8. The second kappa shape index (κ2) is 4.77. The third-order valence-corrected chi connectivity index (χ3v) is 1.20. The number of carbonyl (C=O) groups is 3. The molecule has 0 atom stereocenters. The Bertz CT molecular complexity index is 182. The van der Waals surface area contributed by atoms with Crippen molar-refractivity contribution in [3.05, 3.63) is 0 Å². The first-order valence-electron chi connectivity index (χ1n) is 3.53. The molecule has 0 N–H and O–H groups in total. The average molecular weight is 156 g/mol. The van der Waals surface area contributed by atoms with Crippen molar-refractivity contribution in [2.24, 2.45) is 0 Å². The van der Waals surface area contributed by atoms with E-state index in [1.165, 1.54) is 13.8 Å². The molecule has 0 aliphatic carbocycles. The molecule has 0 radical (unpaired) electrons. The van der Waals surface area contributed by atoms with Crippen LogP contribution in [-0.2, 0) is 14.4 Å². The van der Waals surface area contributed by atoms with Gasteiger partial charge >= 0.3 is 0 Å². The van der Waals surface area contributed by atoms with E-state index in [2.05, 4.69) is 0 Å². The molecule has 0 bridgehead atoms. The molecule has 0 aromatic rings. The van der Waals surface area contributed by atoms with E-state index in [9.17, 15) is 14.4 Å². The van der Waals surface area contributed by atoms with Gasteiger partial charge in [0.2, 0.25) is 0 Å². The molecule has 3 nitrogen and oxygen atoms in total. The smallest absolute Gasteiger partial charge is 0.140 e. The molecule has 0 aliphatic heterocycles. The number of Topliss-reactive ketones (excluding diaryl/α,β-unsaturated/α-hetero) is 3. The summed E-state index contributed by atoms with van der Waals surface area (Å²) < 4.78 is 0. The summed E-state index contributed by atoms with van der Waals surface area (Å²) in [6.45, 7) is 2.80. The Hall–Kier alpha value is -0.990. The van der Waals surface area contributed by atoms with E-state index in [1.54, 1.807) is 0 Å². The minimum atomic E-state index is -0.146. The normalized spacial score (nSPS) is 9.27. The highest BCUT2D eigenvalue weighted by molar-refractivity contribution is 5.98. The van der Waals surface area contributed by atoms with Gasteiger partial charge in [0.1, 0.15) is 17.3 Å². The summed E-state index contributed by atoms with van der Waals surface area (Å²) in [7, 11) is 0. The largest absolute Gasteiger partial charge is 0.300 e. The Morgan fingerprint density at radius 1 is 0.909 bits per heavy atom. The molecule has 3 heteroatoms. The molecule has 0 saturated carbocycles. The number of hydrogen-bond acceptors (Lipinski definition) is 3. The van der Waals surface area contributed by atoms with E-state index in [-0.39, 0.29) is 36.6 Å². The quantitative estimate of drug-likeness (QED) is 0.556. The summed E-state index contributed by atoms with van der Waals surface area (Å²) >= 11 is 0. The molecule has 11 heavy (non-hydrogen) atoms. The van der Waals surface area contributed by atoms with Crippen molar-refractivity contribution in [1.82, 2.24) is 0 Å². The van der Waals surface area contributed by atoms with Crippen molar-refractivity contribution in [3.8, 4) is 0 Å². The Morgan fingerprint density at radius 2 is 1.45 bits per heavy atom. The lowest BCUT2D eigenvalue weighted by Crippen LogP contribution is -2.05. The van der Waals surface area contributed by atoms with Crippen LogP contribution < -0.4 is 0 Å². The van der Waals surface area contributed by atoms with Crippen LogP contribution in [0.25, 0.3) is 0 Å². The molecule has 0 spiro atoms. The number of carbonyl (C=O) groups excluding carboxylic acids is 3. The van der Waals surface area contributed by atoms with Crippen molar-refractivity contribution in [2.45, 2.75) is 33.1 Å². The van der Waals surface area contributed by atoms with Gasteiger partial charge in [0, 0.05) is 12.8 Å². The average Bonchev–Trinajstić information content (AvgIpc) is 1.82. The molecule has 0 amide bonds. The van der Waals surface area contributed by atoms with Gasteiger partial charge in [-0.3, -0.25) is 9.59 Å². The van der Waals surface area contributed by atoms with Crippen LogP contribution in [0.3, 0.4) is 0 Å². The van der Waals surface area contributed by atoms with Crippen LogP contribution in [0.15, 0.2) is 0 Å². The summed E-state index contributed by atoms with van der Waals surface area (Å²) in [5.41, 5.74) is 0. The van der Waals surface area contributed by atoms with Gasteiger partial charge in [-0.05, 0) is 13.8 Å². The van der Waals surface area contributed by atoms with Gasteiger partial charge in [0.25, 0.3) is 0 Å². The maximum absolute atomic E-state index is 10.8. The molecule has 0 unspecified atom stereocenters. The van der Waals surface area contributed by atoms with Crippen molar-refractivity contribution in [2.75, 3.05) is 0 Å². The zero-order valence-corrected chi connectivity index (χ0v) is 6.85. The van der Waals surface area contributed by atoms with E-state index in [4.69, 9.17) is 0 Å². The second-order valence-electron chi connectivity index (χ2n) is 2.62. The van der Waals surface area contributed by atoms with Crippen LogP contribution in [0, 0.1) is 0 Å². The first kappa shape index (κ1) is 10.0. The van der Waals surface area contributed by atoms with E-state index >= 15 is 0 Å². The number of rotatable bonds is 5. The third kappa shape index (κ3) is 6.90. The van der Waals surface area contributed by atoms with Gasteiger partial charge in [-0.25, -0.2) is 0 Å². The van der Waals surface area contributed by atoms with E-state index < -0.39 is 0 Å². The van der Waals surface area contributed by atoms with Gasteiger partial charge in [0.15, 0.2) is 0 Å². The highest BCUT2D eigenvalue weighted by atomic mass is 16.1. The van der Waals surface area contributed by atoms with Gasteiger partial charge in [-0.2, -0.15) is 0 Å². The highest BCUT2D eigenvalue weighted by Crippen LogP contribution is 1.96. The Morgan fingerprint density at radius 3 is 1.82 bits per heavy atom. The Labute approximate surface area is 65.8 Å². The molecular formula is C8H12O3. The monoisotopic (exact) mass is 156 g/mol. The van der Waals surface area contributed by atoms with Crippen LogP contribution in [-0.4, -0.2) is 17.3 Å². The third-order valence-electron chi connectivity index (χ3n) is 1.20. The van der Waals surface area contributed by atoms with Gasteiger partial charge in [-0.1, -0.05) is 0 Å². The molecule has 0 heterocycles. The molecule has 0 fully saturated rings. The summed E-state index contributed by atoms with van der Waals surface area (Å²) in [4.78, 5) is 31.6. The molecule has 0 aliphatic rings. The zero-order chi connectivity index (χ0) is 8.85. The van der Waals surface area contributed by atoms with E-state index in [1.807, 2.05) is 0 Å². The fourth-order valence-corrected chi connectivity index (χ4v) is 0.682. The Balaban J connectivity index is 3.53. The standard InChI is InChI=1S/C8H12O3/c1-6(9)3-4-8(11)5-7(2)10/h3-5H2,1-2H3. The SMILES string of the molecule is CC(=O)CCC(=O)CC(C)=O. The first-order chi connectivity index (χ1) is 5.02. The molecular weight excluding hydrogens is 144 g/mol. The lowest BCUT2D eigenvalue weighted by molar-refractivity contribution is -0.127. The topological polar surface area (TPSA) is 51.2 Å². The van der Waals surface area contributed by atoms with Crippen LogP contribution >= 0.6 is 0 Å². The summed E-state index contributed by atoms with van der Waals surface area (Å²) in [5.74, 6) is -0.298. The fourth-order valence-electron chi connectivity index (χ4n) is 0.682. The van der Waals surface area contributed by atoms with Gasteiger partial charge in [0.05, 0.1) is 6.42 Å². The minimum absolute atomic E-state index is 0.0121. The van der Waals surface area contributed by atoms with Crippen LogP contribution in [0.2, 0.25) is 0 Å². The lowest BCUT2D eigenvalue weighted by atomic mass is 10.1. The minimum Gasteiger partial charge on any atom is -0.300 e. The van der Waals surface area contributed by atoms with Crippen LogP contribution in [0.1, 0.15) is 33.1 Å². The molecule has 0 saturated heterocycles. The van der Waals surface area contributed by atoms with E-state index in [0.29, 0.717) is 0 Å². The first-order valence-corrected chi connectivity index (χ1v) is 3.53. The molecule has 62 valence electrons. The fraction of sp³-hybridized carbons (Fsp3) is 0.625. The second-order valence-corrected chi connectivity index (χ2v) is 2.62.